The van der Waals surface area contributed by atoms with Gasteiger partial charge in [0.2, 0.25) is 10.0 Å². The van der Waals surface area contributed by atoms with E-state index in [0.717, 1.165) is 0 Å². The van der Waals surface area contributed by atoms with E-state index in [1.165, 1.54) is 4.31 Å². The zero-order valence-electron chi connectivity index (χ0n) is 16.1. The molecule has 0 aromatic heterocycles. The van der Waals surface area contributed by atoms with Crippen molar-refractivity contribution in [3.05, 3.63) is 29.8 Å². The number of methoxy groups -OCH3 is 1. The summed E-state index contributed by atoms with van der Waals surface area (Å²) >= 11 is 0. The summed E-state index contributed by atoms with van der Waals surface area (Å²) < 4.78 is 37.5. The Morgan fingerprint density at radius 1 is 1.19 bits per heavy atom. The van der Waals surface area contributed by atoms with Gasteiger partial charge in [-0.25, -0.2) is 13.2 Å². The van der Waals surface area contributed by atoms with E-state index in [-0.39, 0.29) is 18.3 Å². The van der Waals surface area contributed by atoms with Crippen molar-refractivity contribution >= 4 is 16.1 Å². The molecule has 26 heavy (non-hydrogen) atoms. The molecule has 1 aromatic rings. The number of rotatable bonds is 4. The molecule has 0 spiro atoms. The monoisotopic (exact) mass is 384 g/mol. The minimum atomic E-state index is -3.48. The molecule has 0 radical (unpaired) electrons. The Morgan fingerprint density at radius 3 is 2.31 bits per heavy atom. The molecule has 0 saturated carbocycles. The number of benzene rings is 1. The largest absolute Gasteiger partial charge is 0.497 e. The zero-order chi connectivity index (χ0) is 19.5. The van der Waals surface area contributed by atoms with Gasteiger partial charge in [0.15, 0.2) is 0 Å². The molecule has 2 rings (SSSR count). The van der Waals surface area contributed by atoms with Crippen molar-refractivity contribution in [1.29, 1.82) is 0 Å². The summed E-state index contributed by atoms with van der Waals surface area (Å²) in [5.41, 5.74) is 0.130. The zero-order valence-corrected chi connectivity index (χ0v) is 16.9. The van der Waals surface area contributed by atoms with Crippen molar-refractivity contribution in [3.63, 3.8) is 0 Å². The van der Waals surface area contributed by atoms with Gasteiger partial charge in [0, 0.05) is 25.7 Å². The van der Waals surface area contributed by atoms with Gasteiger partial charge < -0.3 is 14.4 Å². The first-order valence-electron chi connectivity index (χ1n) is 8.62. The third-order valence-electron chi connectivity index (χ3n) is 4.08. The van der Waals surface area contributed by atoms with Crippen LogP contribution in [-0.2, 0) is 20.5 Å². The van der Waals surface area contributed by atoms with Crippen LogP contribution in [0, 0.1) is 0 Å². The molecule has 1 amide bonds. The summed E-state index contributed by atoms with van der Waals surface area (Å²) in [5, 5.41) is 0. The second kappa shape index (κ2) is 7.84. The molecular formula is C18H28N2O5S. The lowest BCUT2D eigenvalue weighted by Gasteiger charge is -2.39. The molecule has 1 saturated heterocycles. The fourth-order valence-corrected chi connectivity index (χ4v) is 4.62. The number of amides is 1. The van der Waals surface area contributed by atoms with Crippen molar-refractivity contribution in [2.24, 2.45) is 0 Å². The predicted molar refractivity (Wildman–Crippen MR) is 99.6 cm³/mol. The molecule has 1 fully saturated rings. The Balaban J connectivity index is 2.01. The van der Waals surface area contributed by atoms with Gasteiger partial charge in [0.25, 0.3) is 0 Å². The van der Waals surface area contributed by atoms with Gasteiger partial charge in [0.05, 0.1) is 12.9 Å². The number of piperazine rings is 1. The predicted octanol–water partition coefficient (Wildman–Crippen LogP) is 2.47. The van der Waals surface area contributed by atoms with E-state index in [1.54, 1.807) is 36.3 Å². The van der Waals surface area contributed by atoms with Gasteiger partial charge >= 0.3 is 6.09 Å². The number of ether oxygens (including phenoxy) is 2. The second-order valence-electron chi connectivity index (χ2n) is 7.49. The molecule has 7 nitrogen and oxygen atoms in total. The topological polar surface area (TPSA) is 76.2 Å². The molecule has 0 aliphatic carbocycles. The van der Waals surface area contributed by atoms with Crippen LogP contribution in [0.25, 0.3) is 0 Å². The highest BCUT2D eigenvalue weighted by molar-refractivity contribution is 7.88. The Bertz CT molecular complexity index is 725. The summed E-state index contributed by atoms with van der Waals surface area (Å²) in [4.78, 5) is 13.8. The lowest BCUT2D eigenvalue weighted by atomic mass is 10.2. The SMILES string of the molecule is COc1ccc(CS(=O)(=O)N2CCN(C(=O)OC(C)(C)C)CC2C)cc1. The van der Waals surface area contributed by atoms with Crippen LogP contribution in [0.1, 0.15) is 33.3 Å². The van der Waals surface area contributed by atoms with E-state index in [2.05, 4.69) is 0 Å². The Kier molecular flexibility index (Phi) is 6.18. The fraction of sp³-hybridized carbons (Fsp3) is 0.611. The van der Waals surface area contributed by atoms with Gasteiger partial charge in [0.1, 0.15) is 11.4 Å². The number of carbonyl (C=O) groups excluding carboxylic acids is 1. The van der Waals surface area contributed by atoms with E-state index in [9.17, 15) is 13.2 Å². The Morgan fingerprint density at radius 2 is 1.81 bits per heavy atom. The molecule has 8 heteroatoms. The first-order chi connectivity index (χ1) is 12.0. The van der Waals surface area contributed by atoms with Crippen molar-refractivity contribution in [3.8, 4) is 5.75 Å². The van der Waals surface area contributed by atoms with Crippen LogP contribution in [0.5, 0.6) is 5.75 Å². The smallest absolute Gasteiger partial charge is 0.410 e. The van der Waals surface area contributed by atoms with Gasteiger partial charge in [-0.3, -0.25) is 0 Å². The van der Waals surface area contributed by atoms with Crippen LogP contribution in [-0.4, -0.2) is 62.1 Å². The number of carbonyl (C=O) groups is 1. The van der Waals surface area contributed by atoms with Gasteiger partial charge in [-0.1, -0.05) is 12.1 Å². The number of hydrogen-bond donors (Lipinski definition) is 0. The van der Waals surface area contributed by atoms with Crippen molar-refractivity contribution < 1.29 is 22.7 Å². The van der Waals surface area contributed by atoms with Crippen LogP contribution >= 0.6 is 0 Å². The lowest BCUT2D eigenvalue weighted by molar-refractivity contribution is 0.0143. The molecule has 1 heterocycles. The van der Waals surface area contributed by atoms with Crippen molar-refractivity contribution in [1.82, 2.24) is 9.21 Å². The summed E-state index contributed by atoms with van der Waals surface area (Å²) in [7, 11) is -1.91. The molecule has 1 atom stereocenters. The van der Waals surface area contributed by atoms with E-state index < -0.39 is 21.7 Å². The van der Waals surface area contributed by atoms with Crippen LogP contribution in [0.4, 0.5) is 4.79 Å². The standard InChI is InChI=1S/C18H28N2O5S/c1-14-12-19(17(21)25-18(2,3)4)10-11-20(14)26(22,23)13-15-6-8-16(24-5)9-7-15/h6-9,14H,10-13H2,1-5H3. The highest BCUT2D eigenvalue weighted by atomic mass is 32.2. The fourth-order valence-electron chi connectivity index (χ4n) is 2.86. The summed E-state index contributed by atoms with van der Waals surface area (Å²) in [6.45, 7) is 8.14. The first kappa shape index (κ1) is 20.5. The quantitative estimate of drug-likeness (QED) is 0.797. The maximum Gasteiger partial charge on any atom is 0.410 e. The minimum absolute atomic E-state index is 0.0756. The third kappa shape index (κ3) is 5.35. The second-order valence-corrected chi connectivity index (χ2v) is 9.41. The molecule has 1 aliphatic heterocycles. The molecule has 0 bridgehead atoms. The average molecular weight is 384 g/mol. The maximum atomic E-state index is 12.8. The number of nitrogens with zero attached hydrogens (tertiary/aromatic N) is 2. The van der Waals surface area contributed by atoms with Crippen LogP contribution < -0.4 is 4.74 Å². The van der Waals surface area contributed by atoms with Crippen LogP contribution in [0.2, 0.25) is 0 Å². The summed E-state index contributed by atoms with van der Waals surface area (Å²) in [6.07, 6.45) is -0.406. The Hall–Kier alpha value is -1.80. The van der Waals surface area contributed by atoms with E-state index in [1.807, 2.05) is 27.7 Å². The van der Waals surface area contributed by atoms with E-state index in [0.29, 0.717) is 24.4 Å². The first-order valence-corrected chi connectivity index (χ1v) is 10.2. The van der Waals surface area contributed by atoms with Gasteiger partial charge in [-0.05, 0) is 45.4 Å². The summed E-state index contributed by atoms with van der Waals surface area (Å²) in [5.74, 6) is 0.610. The lowest BCUT2D eigenvalue weighted by Crippen LogP contribution is -2.56. The van der Waals surface area contributed by atoms with E-state index in [4.69, 9.17) is 9.47 Å². The highest BCUT2D eigenvalue weighted by Gasteiger charge is 2.35. The van der Waals surface area contributed by atoms with Gasteiger partial charge in [-0.2, -0.15) is 4.31 Å². The van der Waals surface area contributed by atoms with E-state index >= 15 is 0 Å². The van der Waals surface area contributed by atoms with Crippen LogP contribution in [0.3, 0.4) is 0 Å². The Labute approximate surface area is 155 Å². The average Bonchev–Trinajstić information content (AvgIpc) is 2.53. The maximum absolute atomic E-state index is 12.8. The van der Waals surface area contributed by atoms with Crippen molar-refractivity contribution in [2.75, 3.05) is 26.7 Å². The normalized spacial score (nSPS) is 19.3. The van der Waals surface area contributed by atoms with Gasteiger partial charge in [-0.15, -0.1) is 0 Å². The summed E-state index contributed by atoms with van der Waals surface area (Å²) in [6, 6.07) is 6.68. The van der Waals surface area contributed by atoms with Crippen molar-refractivity contribution in [2.45, 2.75) is 45.1 Å². The number of sulfonamides is 1. The molecule has 1 aliphatic rings. The minimum Gasteiger partial charge on any atom is -0.497 e. The number of hydrogen-bond acceptors (Lipinski definition) is 5. The highest BCUT2D eigenvalue weighted by Crippen LogP contribution is 2.21. The molecular weight excluding hydrogens is 356 g/mol. The molecule has 146 valence electrons. The molecule has 1 aromatic carbocycles. The third-order valence-corrected chi connectivity index (χ3v) is 6.04. The molecule has 0 N–H and O–H groups in total. The van der Waals surface area contributed by atoms with Crippen LogP contribution in [0.15, 0.2) is 24.3 Å². The molecule has 1 unspecified atom stereocenters.